The van der Waals surface area contributed by atoms with Crippen LogP contribution < -0.4 is 10.2 Å². The van der Waals surface area contributed by atoms with Crippen molar-refractivity contribution in [3.63, 3.8) is 0 Å². The first-order chi connectivity index (χ1) is 11.3. The van der Waals surface area contributed by atoms with Gasteiger partial charge < -0.3 is 15.0 Å². The molecule has 0 aliphatic carbocycles. The van der Waals surface area contributed by atoms with Crippen molar-refractivity contribution in [1.82, 2.24) is 10.3 Å². The van der Waals surface area contributed by atoms with Gasteiger partial charge in [-0.2, -0.15) is 0 Å². The number of carbonyl (C=O) groups is 1. The molecule has 5 nitrogen and oxygen atoms in total. The van der Waals surface area contributed by atoms with E-state index >= 15 is 0 Å². The van der Waals surface area contributed by atoms with Crippen LogP contribution in [0, 0.1) is 0 Å². The fourth-order valence-corrected chi connectivity index (χ4v) is 3.00. The number of benzene rings is 1. The van der Waals surface area contributed by atoms with Gasteiger partial charge in [0.1, 0.15) is 0 Å². The first-order valence-electron chi connectivity index (χ1n) is 7.57. The number of morpholine rings is 1. The van der Waals surface area contributed by atoms with E-state index in [0.29, 0.717) is 6.54 Å². The highest BCUT2D eigenvalue weighted by atomic mass is 32.1. The maximum atomic E-state index is 11.9. The van der Waals surface area contributed by atoms with Crippen LogP contribution in [0.3, 0.4) is 0 Å². The van der Waals surface area contributed by atoms with Crippen LogP contribution in [-0.4, -0.2) is 37.2 Å². The Hall–Kier alpha value is -2.18. The van der Waals surface area contributed by atoms with Crippen LogP contribution in [0.2, 0.25) is 0 Å². The maximum absolute atomic E-state index is 11.9. The molecule has 3 rings (SSSR count). The lowest BCUT2D eigenvalue weighted by molar-refractivity contribution is -0.116. The predicted molar refractivity (Wildman–Crippen MR) is 92.5 cm³/mol. The van der Waals surface area contributed by atoms with Crippen molar-refractivity contribution in [2.45, 2.75) is 6.54 Å². The molecular formula is C17H19N3O2S. The van der Waals surface area contributed by atoms with E-state index in [0.717, 1.165) is 37.6 Å². The molecule has 2 heterocycles. The monoisotopic (exact) mass is 329 g/mol. The summed E-state index contributed by atoms with van der Waals surface area (Å²) in [6.07, 6.45) is 3.24. The number of nitrogens with one attached hydrogen (secondary N) is 1. The van der Waals surface area contributed by atoms with E-state index in [1.807, 2.05) is 17.5 Å². The van der Waals surface area contributed by atoms with Gasteiger partial charge in [-0.25, -0.2) is 4.98 Å². The van der Waals surface area contributed by atoms with E-state index in [4.69, 9.17) is 4.74 Å². The molecule has 6 heteroatoms. The van der Waals surface area contributed by atoms with E-state index in [-0.39, 0.29) is 5.91 Å². The molecule has 0 spiro atoms. The minimum Gasteiger partial charge on any atom is -0.378 e. The normalized spacial score (nSPS) is 15.0. The van der Waals surface area contributed by atoms with Crippen molar-refractivity contribution < 1.29 is 9.53 Å². The highest BCUT2D eigenvalue weighted by molar-refractivity contribution is 7.07. The second-order valence-corrected chi connectivity index (χ2v) is 5.91. The number of hydrogen-bond acceptors (Lipinski definition) is 5. The smallest absolute Gasteiger partial charge is 0.244 e. The van der Waals surface area contributed by atoms with E-state index < -0.39 is 0 Å². The summed E-state index contributed by atoms with van der Waals surface area (Å²) in [4.78, 5) is 18.4. The highest BCUT2D eigenvalue weighted by Gasteiger charge is 2.14. The average molecular weight is 329 g/mol. The number of aromatic nitrogens is 1. The van der Waals surface area contributed by atoms with Crippen molar-refractivity contribution in [2.75, 3.05) is 31.2 Å². The number of thiazole rings is 1. The number of anilines is 1. The van der Waals surface area contributed by atoms with E-state index in [2.05, 4.69) is 27.3 Å². The Morgan fingerprint density at radius 1 is 1.35 bits per heavy atom. The number of nitrogens with zero attached hydrogens (tertiary/aromatic N) is 2. The Bertz CT molecular complexity index is 664. The number of ether oxygens (including phenoxy) is 1. The zero-order valence-electron chi connectivity index (χ0n) is 12.8. The molecule has 1 aromatic heterocycles. The Morgan fingerprint density at radius 3 is 2.96 bits per heavy atom. The minimum absolute atomic E-state index is 0.116. The number of para-hydroxylation sites is 1. The third kappa shape index (κ3) is 4.40. The summed E-state index contributed by atoms with van der Waals surface area (Å²) in [5.74, 6) is -0.116. The number of rotatable bonds is 5. The molecule has 1 fully saturated rings. The lowest BCUT2D eigenvalue weighted by atomic mass is 10.1. The summed E-state index contributed by atoms with van der Waals surface area (Å²) in [5, 5.41) is 4.83. The molecule has 1 saturated heterocycles. The van der Waals surface area contributed by atoms with Crippen LogP contribution in [0.15, 0.2) is 41.2 Å². The second-order valence-electron chi connectivity index (χ2n) is 5.19. The van der Waals surface area contributed by atoms with Crippen molar-refractivity contribution in [3.05, 3.63) is 52.5 Å². The molecule has 1 aliphatic heterocycles. The zero-order chi connectivity index (χ0) is 15.9. The van der Waals surface area contributed by atoms with Gasteiger partial charge in [0, 0.05) is 36.8 Å². The lowest BCUT2D eigenvalue weighted by Crippen LogP contribution is -2.37. The highest BCUT2D eigenvalue weighted by Crippen LogP contribution is 2.21. The summed E-state index contributed by atoms with van der Waals surface area (Å²) in [6.45, 7) is 3.77. The van der Waals surface area contributed by atoms with E-state index in [9.17, 15) is 4.79 Å². The van der Waals surface area contributed by atoms with Crippen LogP contribution >= 0.6 is 11.3 Å². The van der Waals surface area contributed by atoms with Crippen molar-refractivity contribution in [1.29, 1.82) is 0 Å². The Balaban J connectivity index is 1.60. The molecule has 2 aromatic rings. The molecule has 1 aliphatic rings. The Morgan fingerprint density at radius 2 is 2.17 bits per heavy atom. The van der Waals surface area contributed by atoms with Gasteiger partial charge in [0.15, 0.2) is 0 Å². The molecule has 23 heavy (non-hydrogen) atoms. The molecule has 1 aromatic carbocycles. The first kappa shape index (κ1) is 15.7. The molecule has 1 amide bonds. The topological polar surface area (TPSA) is 54.5 Å². The van der Waals surface area contributed by atoms with Crippen molar-refractivity contribution in [3.8, 4) is 0 Å². The van der Waals surface area contributed by atoms with Gasteiger partial charge in [-0.3, -0.25) is 4.79 Å². The third-order valence-corrected chi connectivity index (χ3v) is 4.26. The summed E-state index contributed by atoms with van der Waals surface area (Å²) < 4.78 is 5.40. The number of amides is 1. The SMILES string of the molecule is O=C(/C=C\c1cscn1)NCc1ccccc1N1CCOCC1. The van der Waals surface area contributed by atoms with Crippen LogP contribution in [0.25, 0.3) is 6.08 Å². The molecule has 0 saturated carbocycles. The standard InChI is InChI=1S/C17H19N3O2S/c21-17(6-5-15-12-23-13-19-15)18-11-14-3-1-2-4-16(14)20-7-9-22-10-8-20/h1-6,12-13H,7-11H2,(H,18,21)/b6-5-. The van der Waals surface area contributed by atoms with Gasteiger partial charge in [-0.15, -0.1) is 11.3 Å². The second kappa shape index (κ2) is 7.89. The molecule has 0 bridgehead atoms. The number of hydrogen-bond donors (Lipinski definition) is 1. The molecule has 0 radical (unpaired) electrons. The first-order valence-corrected chi connectivity index (χ1v) is 8.52. The van der Waals surface area contributed by atoms with Gasteiger partial charge >= 0.3 is 0 Å². The van der Waals surface area contributed by atoms with Gasteiger partial charge in [0.2, 0.25) is 5.91 Å². The number of carbonyl (C=O) groups excluding carboxylic acids is 1. The van der Waals surface area contributed by atoms with Crippen LogP contribution in [-0.2, 0) is 16.1 Å². The fraction of sp³-hybridized carbons (Fsp3) is 0.294. The van der Waals surface area contributed by atoms with Crippen LogP contribution in [0.5, 0.6) is 0 Å². The Labute approximate surface area is 139 Å². The maximum Gasteiger partial charge on any atom is 0.244 e. The van der Waals surface area contributed by atoms with E-state index in [1.54, 1.807) is 11.6 Å². The predicted octanol–water partition coefficient (Wildman–Crippen LogP) is 2.31. The summed E-state index contributed by atoms with van der Waals surface area (Å²) in [6, 6.07) is 8.17. The van der Waals surface area contributed by atoms with E-state index in [1.165, 1.54) is 23.1 Å². The Kier molecular flexibility index (Phi) is 5.39. The zero-order valence-corrected chi connectivity index (χ0v) is 13.6. The van der Waals surface area contributed by atoms with Crippen LogP contribution in [0.1, 0.15) is 11.3 Å². The molecule has 0 unspecified atom stereocenters. The quantitative estimate of drug-likeness (QED) is 0.855. The average Bonchev–Trinajstić information content (AvgIpc) is 3.13. The molecule has 120 valence electrons. The third-order valence-electron chi connectivity index (χ3n) is 3.65. The summed E-state index contributed by atoms with van der Waals surface area (Å²) >= 11 is 1.51. The molecule has 1 N–H and O–H groups in total. The van der Waals surface area contributed by atoms with Gasteiger partial charge in [-0.05, 0) is 17.7 Å². The largest absolute Gasteiger partial charge is 0.378 e. The fourth-order valence-electron chi connectivity index (χ4n) is 2.48. The van der Waals surface area contributed by atoms with Crippen molar-refractivity contribution in [2.24, 2.45) is 0 Å². The van der Waals surface area contributed by atoms with Gasteiger partial charge in [-0.1, -0.05) is 18.2 Å². The summed E-state index contributed by atoms with van der Waals surface area (Å²) in [5.41, 5.74) is 4.83. The van der Waals surface area contributed by atoms with Crippen LogP contribution in [0.4, 0.5) is 5.69 Å². The minimum atomic E-state index is -0.116. The van der Waals surface area contributed by atoms with Crippen molar-refractivity contribution >= 4 is 29.0 Å². The molecule has 0 atom stereocenters. The summed E-state index contributed by atoms with van der Waals surface area (Å²) in [7, 11) is 0. The van der Waals surface area contributed by atoms with Gasteiger partial charge in [0.25, 0.3) is 0 Å². The lowest BCUT2D eigenvalue weighted by Gasteiger charge is -2.30. The molecular weight excluding hydrogens is 310 g/mol. The van der Waals surface area contributed by atoms with Gasteiger partial charge in [0.05, 0.1) is 24.4 Å².